The van der Waals surface area contributed by atoms with Crippen LogP contribution in [0.15, 0.2) is 60.7 Å². The first-order valence-electron chi connectivity index (χ1n) is 10.6. The molecule has 0 spiro atoms. The zero-order valence-corrected chi connectivity index (χ0v) is 17.3. The van der Waals surface area contributed by atoms with Gasteiger partial charge in [0.05, 0.1) is 26.2 Å². The highest BCUT2D eigenvalue weighted by atomic mass is 16.2. The first-order valence-corrected chi connectivity index (χ1v) is 10.6. The fraction of sp³-hybridized carbons (Fsp3) is 0.417. The van der Waals surface area contributed by atoms with E-state index in [0.29, 0.717) is 26.1 Å². The first-order chi connectivity index (χ1) is 14.2. The summed E-state index contributed by atoms with van der Waals surface area (Å²) in [6.07, 6.45) is 1.42. The second kappa shape index (κ2) is 10.8. The number of carbonyl (C=O) groups excluding carboxylic acids is 2. The largest absolute Gasteiger partial charge is 0.351 e. The summed E-state index contributed by atoms with van der Waals surface area (Å²) in [5, 5.41) is 2.94. The van der Waals surface area contributed by atoms with Crippen molar-refractivity contribution in [3.8, 4) is 0 Å². The van der Waals surface area contributed by atoms with Crippen LogP contribution in [-0.2, 0) is 9.59 Å². The van der Waals surface area contributed by atoms with Crippen molar-refractivity contribution in [2.24, 2.45) is 0 Å². The van der Waals surface area contributed by atoms with Crippen LogP contribution in [-0.4, -0.2) is 56.0 Å². The monoisotopic (exact) mass is 394 g/mol. The topological polar surface area (TPSA) is 53.9 Å². The minimum Gasteiger partial charge on any atom is -0.351 e. The van der Waals surface area contributed by atoms with E-state index < -0.39 is 0 Å². The maximum Gasteiger partial charge on any atom is 0.275 e. The Labute approximate surface area is 173 Å². The standard InChI is InChI=1S/C24H31N3O2/c1-2-13-25-23(28)19-26-14-16-27(17-15-26)24(29)18-22(20-9-5-3-6-10-20)21-11-7-4-8-12-21/h3-12,22H,2,13-19H2,1H3,(H,25,28)/p+1. The molecule has 154 valence electrons. The van der Waals surface area contributed by atoms with E-state index in [4.69, 9.17) is 0 Å². The summed E-state index contributed by atoms with van der Waals surface area (Å²) in [7, 11) is 0. The van der Waals surface area contributed by atoms with E-state index in [9.17, 15) is 9.59 Å². The second-order valence-corrected chi connectivity index (χ2v) is 7.74. The van der Waals surface area contributed by atoms with Crippen molar-refractivity contribution in [2.75, 3.05) is 39.3 Å². The molecule has 0 bridgehead atoms. The predicted octanol–water partition coefficient (Wildman–Crippen LogP) is 1.46. The summed E-state index contributed by atoms with van der Waals surface area (Å²) in [6.45, 7) is 6.36. The summed E-state index contributed by atoms with van der Waals surface area (Å²) in [6, 6.07) is 20.5. The third kappa shape index (κ3) is 6.16. The van der Waals surface area contributed by atoms with Crippen LogP contribution >= 0.6 is 0 Å². The minimum absolute atomic E-state index is 0.0649. The Morgan fingerprint density at radius 2 is 1.52 bits per heavy atom. The Balaban J connectivity index is 1.58. The van der Waals surface area contributed by atoms with Gasteiger partial charge in [-0.1, -0.05) is 67.6 Å². The summed E-state index contributed by atoms with van der Waals surface area (Å²) >= 11 is 0. The van der Waals surface area contributed by atoms with Crippen molar-refractivity contribution >= 4 is 11.8 Å². The fourth-order valence-electron chi connectivity index (χ4n) is 3.91. The van der Waals surface area contributed by atoms with E-state index >= 15 is 0 Å². The van der Waals surface area contributed by atoms with Gasteiger partial charge < -0.3 is 15.1 Å². The van der Waals surface area contributed by atoms with Crippen LogP contribution in [0.25, 0.3) is 0 Å². The van der Waals surface area contributed by atoms with Crippen LogP contribution in [0.1, 0.15) is 36.8 Å². The van der Waals surface area contributed by atoms with Gasteiger partial charge >= 0.3 is 0 Å². The number of carbonyl (C=O) groups is 2. The maximum absolute atomic E-state index is 13.1. The number of hydrogen-bond donors (Lipinski definition) is 2. The molecule has 0 aliphatic carbocycles. The molecule has 1 aliphatic heterocycles. The molecule has 5 heteroatoms. The summed E-state index contributed by atoms with van der Waals surface area (Å²) in [5.74, 6) is 0.363. The van der Waals surface area contributed by atoms with Crippen LogP contribution in [0.2, 0.25) is 0 Å². The number of benzene rings is 2. The highest BCUT2D eigenvalue weighted by Gasteiger charge is 2.27. The Bertz CT molecular complexity index is 732. The molecule has 1 heterocycles. The lowest BCUT2D eigenvalue weighted by atomic mass is 9.88. The molecule has 0 saturated carbocycles. The molecule has 3 rings (SSSR count). The molecule has 2 aromatic carbocycles. The van der Waals surface area contributed by atoms with Gasteiger partial charge in [-0.05, 0) is 17.5 Å². The van der Waals surface area contributed by atoms with Gasteiger partial charge in [0.1, 0.15) is 0 Å². The average Bonchev–Trinajstić information content (AvgIpc) is 2.77. The Hall–Kier alpha value is -2.66. The van der Waals surface area contributed by atoms with Crippen LogP contribution in [0.5, 0.6) is 0 Å². The van der Waals surface area contributed by atoms with Crippen molar-refractivity contribution in [3.05, 3.63) is 71.8 Å². The van der Waals surface area contributed by atoms with Gasteiger partial charge in [-0.3, -0.25) is 9.59 Å². The summed E-state index contributed by atoms with van der Waals surface area (Å²) in [5.41, 5.74) is 2.34. The molecule has 1 saturated heterocycles. The molecular formula is C24H32N3O2+. The smallest absolute Gasteiger partial charge is 0.275 e. The van der Waals surface area contributed by atoms with Crippen molar-refractivity contribution < 1.29 is 14.5 Å². The van der Waals surface area contributed by atoms with E-state index in [1.807, 2.05) is 41.3 Å². The number of piperazine rings is 1. The molecule has 5 nitrogen and oxygen atoms in total. The quantitative estimate of drug-likeness (QED) is 0.712. The molecule has 0 unspecified atom stereocenters. The Morgan fingerprint density at radius 3 is 2.03 bits per heavy atom. The molecule has 2 N–H and O–H groups in total. The van der Waals surface area contributed by atoms with Gasteiger partial charge in [0.25, 0.3) is 5.91 Å². The van der Waals surface area contributed by atoms with Gasteiger partial charge in [-0.2, -0.15) is 0 Å². The van der Waals surface area contributed by atoms with Crippen molar-refractivity contribution in [1.29, 1.82) is 0 Å². The lowest BCUT2D eigenvalue weighted by molar-refractivity contribution is -0.896. The molecule has 0 radical (unpaired) electrons. The zero-order valence-electron chi connectivity index (χ0n) is 17.3. The van der Waals surface area contributed by atoms with E-state index in [-0.39, 0.29) is 17.7 Å². The molecule has 1 aliphatic rings. The van der Waals surface area contributed by atoms with Gasteiger partial charge in [0, 0.05) is 18.9 Å². The summed E-state index contributed by atoms with van der Waals surface area (Å²) < 4.78 is 0. The van der Waals surface area contributed by atoms with Crippen LogP contribution in [0, 0.1) is 0 Å². The number of nitrogens with one attached hydrogen (secondary N) is 2. The molecule has 0 atom stereocenters. The van der Waals surface area contributed by atoms with Crippen LogP contribution in [0.4, 0.5) is 0 Å². The third-order valence-corrected chi connectivity index (χ3v) is 5.59. The molecule has 0 aromatic heterocycles. The number of hydrogen-bond acceptors (Lipinski definition) is 2. The predicted molar refractivity (Wildman–Crippen MR) is 115 cm³/mol. The number of nitrogens with zero attached hydrogens (tertiary/aromatic N) is 1. The maximum atomic E-state index is 13.1. The SMILES string of the molecule is CCCNC(=O)C[NH+]1CCN(C(=O)CC(c2ccccc2)c2ccccc2)CC1. The van der Waals surface area contributed by atoms with Crippen molar-refractivity contribution in [3.63, 3.8) is 0 Å². The number of quaternary nitrogens is 1. The highest BCUT2D eigenvalue weighted by molar-refractivity contribution is 5.78. The van der Waals surface area contributed by atoms with Crippen LogP contribution in [0.3, 0.4) is 0 Å². The van der Waals surface area contributed by atoms with Crippen molar-refractivity contribution in [1.82, 2.24) is 10.2 Å². The Kier molecular flexibility index (Phi) is 7.82. The summed E-state index contributed by atoms with van der Waals surface area (Å²) in [4.78, 5) is 28.2. The Morgan fingerprint density at radius 1 is 0.966 bits per heavy atom. The lowest BCUT2D eigenvalue weighted by Crippen LogP contribution is -3.15. The van der Waals surface area contributed by atoms with E-state index in [1.54, 1.807) is 0 Å². The van der Waals surface area contributed by atoms with E-state index in [1.165, 1.54) is 16.0 Å². The lowest BCUT2D eigenvalue weighted by Gasteiger charge is -2.33. The second-order valence-electron chi connectivity index (χ2n) is 7.74. The molecule has 2 amide bonds. The van der Waals surface area contributed by atoms with E-state index in [2.05, 4.69) is 36.5 Å². The van der Waals surface area contributed by atoms with Crippen LogP contribution < -0.4 is 10.2 Å². The van der Waals surface area contributed by atoms with Gasteiger partial charge in [-0.15, -0.1) is 0 Å². The zero-order chi connectivity index (χ0) is 20.5. The average molecular weight is 395 g/mol. The van der Waals surface area contributed by atoms with Gasteiger partial charge in [0.2, 0.25) is 5.91 Å². The van der Waals surface area contributed by atoms with E-state index in [0.717, 1.165) is 26.1 Å². The fourth-order valence-corrected chi connectivity index (χ4v) is 3.91. The number of rotatable bonds is 8. The van der Waals surface area contributed by atoms with Crippen molar-refractivity contribution in [2.45, 2.75) is 25.7 Å². The molecule has 1 fully saturated rings. The van der Waals surface area contributed by atoms with Gasteiger partial charge in [0.15, 0.2) is 6.54 Å². The first kappa shape index (κ1) is 21.1. The molecular weight excluding hydrogens is 362 g/mol. The minimum atomic E-state index is 0.0649. The highest BCUT2D eigenvalue weighted by Crippen LogP contribution is 2.28. The van der Waals surface area contributed by atoms with Gasteiger partial charge in [-0.25, -0.2) is 0 Å². The number of amides is 2. The normalized spacial score (nSPS) is 14.8. The molecule has 2 aromatic rings. The molecule has 29 heavy (non-hydrogen) atoms. The third-order valence-electron chi connectivity index (χ3n) is 5.59.